The Labute approximate surface area is 130 Å². The van der Waals surface area contributed by atoms with Crippen LogP contribution in [0.5, 0.6) is 0 Å². The fraction of sp³-hybridized carbons (Fsp3) is 0.412. The lowest BCUT2D eigenvalue weighted by atomic mass is 9.97. The monoisotopic (exact) mass is 297 g/mol. The van der Waals surface area contributed by atoms with Crippen LogP contribution in [-0.4, -0.2) is 34.0 Å². The normalized spacial score (nSPS) is 18.5. The highest BCUT2D eigenvalue weighted by molar-refractivity contribution is 8.00. The van der Waals surface area contributed by atoms with Crippen LogP contribution in [0.25, 0.3) is 10.9 Å². The second-order valence-electron chi connectivity index (χ2n) is 5.62. The zero-order valence-electron chi connectivity index (χ0n) is 12.2. The Kier molecular flexibility index (Phi) is 4.14. The molecule has 3 rings (SSSR count). The van der Waals surface area contributed by atoms with E-state index in [1.165, 1.54) is 10.9 Å². The molecule has 2 aromatic rings. The summed E-state index contributed by atoms with van der Waals surface area (Å²) in [5.41, 5.74) is 2.37. The Morgan fingerprint density at radius 3 is 2.86 bits per heavy atom. The Hall–Kier alpha value is -1.57. The first kappa shape index (κ1) is 14.4. The van der Waals surface area contributed by atoms with Crippen LogP contribution < -0.4 is 0 Å². The molecule has 0 amide bonds. The van der Waals surface area contributed by atoms with Crippen LogP contribution in [0.15, 0.2) is 36.5 Å². The van der Waals surface area contributed by atoms with Crippen LogP contribution in [0.1, 0.15) is 18.4 Å². The van der Waals surface area contributed by atoms with Crippen molar-refractivity contribution >= 4 is 22.7 Å². The first-order valence-corrected chi connectivity index (χ1v) is 8.50. The van der Waals surface area contributed by atoms with E-state index in [1.54, 1.807) is 11.8 Å². The average molecular weight is 297 g/mol. The van der Waals surface area contributed by atoms with Crippen molar-refractivity contribution in [1.82, 2.24) is 9.88 Å². The molecule has 0 saturated carbocycles. The maximum atomic E-state index is 9.34. The maximum absolute atomic E-state index is 9.34. The van der Waals surface area contributed by atoms with Gasteiger partial charge in [0.05, 0.1) is 11.6 Å². The number of thioether (sulfide) groups is 1. The number of benzene rings is 1. The van der Waals surface area contributed by atoms with Gasteiger partial charge in [-0.05, 0) is 42.9 Å². The minimum atomic E-state index is -0.163. The lowest BCUT2D eigenvalue weighted by molar-refractivity contribution is 0.209. The summed E-state index contributed by atoms with van der Waals surface area (Å²) < 4.78 is -0.163. The predicted molar refractivity (Wildman–Crippen MR) is 88.1 cm³/mol. The summed E-state index contributed by atoms with van der Waals surface area (Å²) in [6.45, 7) is 2.96. The zero-order valence-corrected chi connectivity index (χ0v) is 13.1. The summed E-state index contributed by atoms with van der Waals surface area (Å²) in [6.07, 6.45) is 5.80. The fourth-order valence-corrected chi connectivity index (χ4v) is 3.60. The third-order valence-electron chi connectivity index (χ3n) is 4.33. The molecule has 0 spiro atoms. The molecule has 1 aliphatic heterocycles. The second kappa shape index (κ2) is 6.05. The van der Waals surface area contributed by atoms with E-state index in [4.69, 9.17) is 0 Å². The second-order valence-corrected chi connectivity index (χ2v) is 6.81. The fourth-order valence-electron chi connectivity index (χ4n) is 2.92. The van der Waals surface area contributed by atoms with Gasteiger partial charge < -0.3 is 0 Å². The Balaban J connectivity index is 1.68. The minimum absolute atomic E-state index is 0.163. The SMILES string of the molecule is CSC1(C#N)CCN(Cc2ccc3ncccc3c2)CC1. The van der Waals surface area contributed by atoms with E-state index in [0.717, 1.165) is 38.0 Å². The number of hydrogen-bond acceptors (Lipinski definition) is 4. The first-order valence-electron chi connectivity index (χ1n) is 7.27. The maximum Gasteiger partial charge on any atom is 0.104 e. The highest BCUT2D eigenvalue weighted by atomic mass is 32.2. The Morgan fingerprint density at radius 2 is 2.14 bits per heavy atom. The number of aromatic nitrogens is 1. The zero-order chi connectivity index (χ0) is 14.7. The van der Waals surface area contributed by atoms with Crippen molar-refractivity contribution in [2.45, 2.75) is 24.1 Å². The molecule has 1 aromatic heterocycles. The number of nitrogens with zero attached hydrogens (tertiary/aromatic N) is 3. The van der Waals surface area contributed by atoms with E-state index in [0.29, 0.717) is 0 Å². The topological polar surface area (TPSA) is 39.9 Å². The number of nitriles is 1. The van der Waals surface area contributed by atoms with Crippen molar-refractivity contribution in [3.05, 3.63) is 42.1 Å². The third kappa shape index (κ3) is 3.04. The minimum Gasteiger partial charge on any atom is -0.299 e. The number of rotatable bonds is 3. The van der Waals surface area contributed by atoms with Crippen molar-refractivity contribution in [1.29, 1.82) is 5.26 Å². The molecule has 108 valence electrons. The number of likely N-dealkylation sites (tertiary alicyclic amines) is 1. The number of pyridine rings is 1. The highest BCUT2D eigenvalue weighted by Crippen LogP contribution is 2.34. The summed E-state index contributed by atoms with van der Waals surface area (Å²) in [4.78, 5) is 6.81. The van der Waals surface area contributed by atoms with Crippen LogP contribution in [0, 0.1) is 11.3 Å². The van der Waals surface area contributed by atoms with Gasteiger partial charge in [0.2, 0.25) is 0 Å². The molecule has 2 heterocycles. The van der Waals surface area contributed by atoms with E-state index in [1.807, 2.05) is 12.3 Å². The van der Waals surface area contributed by atoms with Crippen molar-refractivity contribution < 1.29 is 0 Å². The van der Waals surface area contributed by atoms with Gasteiger partial charge in [0.25, 0.3) is 0 Å². The van der Waals surface area contributed by atoms with Gasteiger partial charge in [-0.15, -0.1) is 11.8 Å². The summed E-state index contributed by atoms with van der Waals surface area (Å²) in [6, 6.07) is 13.1. The van der Waals surface area contributed by atoms with Crippen LogP contribution in [0.2, 0.25) is 0 Å². The van der Waals surface area contributed by atoms with E-state index < -0.39 is 0 Å². The van der Waals surface area contributed by atoms with Gasteiger partial charge in [-0.3, -0.25) is 9.88 Å². The van der Waals surface area contributed by atoms with E-state index in [2.05, 4.69) is 46.5 Å². The van der Waals surface area contributed by atoms with E-state index in [9.17, 15) is 5.26 Å². The van der Waals surface area contributed by atoms with Crippen molar-refractivity contribution in [2.75, 3.05) is 19.3 Å². The Morgan fingerprint density at radius 1 is 1.33 bits per heavy atom. The molecule has 0 unspecified atom stereocenters. The standard InChI is InChI=1S/C17H19N3S/c1-21-17(13-18)6-9-20(10-7-17)12-14-4-5-16-15(11-14)3-2-8-19-16/h2-5,8,11H,6-7,9-10,12H2,1H3. The summed E-state index contributed by atoms with van der Waals surface area (Å²) in [5.74, 6) is 0. The number of hydrogen-bond donors (Lipinski definition) is 0. The quantitative estimate of drug-likeness (QED) is 0.870. The van der Waals surface area contributed by atoms with Crippen LogP contribution in [0.3, 0.4) is 0 Å². The van der Waals surface area contributed by atoms with Crippen molar-refractivity contribution in [2.24, 2.45) is 0 Å². The van der Waals surface area contributed by atoms with Gasteiger partial charge in [0, 0.05) is 31.2 Å². The molecule has 0 aliphatic carbocycles. The molecule has 21 heavy (non-hydrogen) atoms. The summed E-state index contributed by atoms with van der Waals surface area (Å²) in [5, 5.41) is 10.5. The van der Waals surface area contributed by atoms with Gasteiger partial charge in [-0.25, -0.2) is 0 Å². The molecular formula is C17H19N3S. The number of piperidine rings is 1. The van der Waals surface area contributed by atoms with Gasteiger partial charge in [-0.2, -0.15) is 5.26 Å². The van der Waals surface area contributed by atoms with Crippen LogP contribution in [-0.2, 0) is 6.54 Å². The van der Waals surface area contributed by atoms with E-state index in [-0.39, 0.29) is 4.75 Å². The first-order chi connectivity index (χ1) is 10.2. The van der Waals surface area contributed by atoms with E-state index >= 15 is 0 Å². The molecule has 1 saturated heterocycles. The van der Waals surface area contributed by atoms with Gasteiger partial charge in [0.15, 0.2) is 0 Å². The molecule has 0 radical (unpaired) electrons. The molecule has 1 aromatic carbocycles. The lowest BCUT2D eigenvalue weighted by Crippen LogP contribution is -2.41. The molecule has 4 heteroatoms. The van der Waals surface area contributed by atoms with Crippen molar-refractivity contribution in [3.63, 3.8) is 0 Å². The lowest BCUT2D eigenvalue weighted by Gasteiger charge is -2.36. The molecule has 0 N–H and O–H groups in total. The molecule has 0 atom stereocenters. The van der Waals surface area contributed by atoms with Gasteiger partial charge in [-0.1, -0.05) is 12.1 Å². The summed E-state index contributed by atoms with van der Waals surface area (Å²) >= 11 is 1.71. The molecule has 1 aliphatic rings. The molecule has 0 bridgehead atoms. The third-order valence-corrected chi connectivity index (χ3v) is 5.61. The van der Waals surface area contributed by atoms with Crippen molar-refractivity contribution in [3.8, 4) is 6.07 Å². The molecule has 1 fully saturated rings. The van der Waals surface area contributed by atoms with Crippen LogP contribution in [0.4, 0.5) is 0 Å². The molecule has 3 nitrogen and oxygen atoms in total. The summed E-state index contributed by atoms with van der Waals surface area (Å²) in [7, 11) is 0. The van der Waals surface area contributed by atoms with Gasteiger partial charge in [0.1, 0.15) is 4.75 Å². The van der Waals surface area contributed by atoms with Crippen LogP contribution >= 0.6 is 11.8 Å². The highest BCUT2D eigenvalue weighted by Gasteiger charge is 2.33. The largest absolute Gasteiger partial charge is 0.299 e. The predicted octanol–water partition coefficient (Wildman–Crippen LogP) is 3.46. The number of fused-ring (bicyclic) bond motifs is 1. The smallest absolute Gasteiger partial charge is 0.104 e. The molecular weight excluding hydrogens is 278 g/mol. The average Bonchev–Trinajstić information content (AvgIpc) is 2.56. The Bertz CT molecular complexity index is 669. The van der Waals surface area contributed by atoms with Gasteiger partial charge >= 0.3 is 0 Å².